The highest BCUT2D eigenvalue weighted by Gasteiger charge is 1.98. The Bertz CT molecular complexity index is 126. The SMILES string of the molecule is CC(C)CCCNC(=O)CCBr. The molecule has 0 atom stereocenters. The molecule has 12 heavy (non-hydrogen) atoms. The van der Waals surface area contributed by atoms with Crippen molar-refractivity contribution in [3.05, 3.63) is 0 Å². The minimum Gasteiger partial charge on any atom is -0.356 e. The number of carbonyl (C=O) groups excluding carboxylic acids is 1. The zero-order valence-electron chi connectivity index (χ0n) is 7.90. The Hall–Kier alpha value is -0.0500. The molecule has 1 N–H and O–H groups in total. The van der Waals surface area contributed by atoms with Crippen LogP contribution < -0.4 is 5.32 Å². The number of hydrogen-bond acceptors (Lipinski definition) is 1. The first-order valence-corrected chi connectivity index (χ1v) is 5.61. The molecule has 0 aliphatic heterocycles. The molecule has 0 aromatic carbocycles. The van der Waals surface area contributed by atoms with Gasteiger partial charge in [0.2, 0.25) is 5.91 Å². The third-order valence-corrected chi connectivity index (χ3v) is 2.00. The van der Waals surface area contributed by atoms with Gasteiger partial charge in [-0.1, -0.05) is 29.8 Å². The maximum absolute atomic E-state index is 10.9. The lowest BCUT2D eigenvalue weighted by molar-refractivity contribution is -0.120. The number of rotatable bonds is 6. The van der Waals surface area contributed by atoms with Gasteiger partial charge in [-0.15, -0.1) is 0 Å². The fourth-order valence-electron chi connectivity index (χ4n) is 0.912. The van der Waals surface area contributed by atoms with E-state index in [-0.39, 0.29) is 5.91 Å². The fourth-order valence-corrected chi connectivity index (χ4v) is 1.27. The lowest BCUT2D eigenvalue weighted by atomic mass is 10.1. The van der Waals surface area contributed by atoms with Crippen molar-refractivity contribution in [1.82, 2.24) is 5.32 Å². The van der Waals surface area contributed by atoms with Gasteiger partial charge in [-0.2, -0.15) is 0 Å². The van der Waals surface area contributed by atoms with Crippen LogP contribution in [0.3, 0.4) is 0 Å². The Balaban J connectivity index is 3.14. The minimum atomic E-state index is 0.149. The Labute approximate surface area is 83.2 Å². The molecular weight excluding hydrogens is 218 g/mol. The quantitative estimate of drug-likeness (QED) is 0.556. The van der Waals surface area contributed by atoms with Crippen LogP contribution in [0.25, 0.3) is 0 Å². The highest BCUT2D eigenvalue weighted by Crippen LogP contribution is 2.01. The molecule has 72 valence electrons. The Morgan fingerprint density at radius 2 is 2.17 bits per heavy atom. The van der Waals surface area contributed by atoms with Gasteiger partial charge >= 0.3 is 0 Å². The number of amides is 1. The number of hydrogen-bond donors (Lipinski definition) is 1. The van der Waals surface area contributed by atoms with Gasteiger partial charge in [0.15, 0.2) is 0 Å². The highest BCUT2D eigenvalue weighted by atomic mass is 79.9. The van der Waals surface area contributed by atoms with Gasteiger partial charge in [0.1, 0.15) is 0 Å². The van der Waals surface area contributed by atoms with E-state index in [0.29, 0.717) is 6.42 Å². The predicted molar refractivity (Wildman–Crippen MR) is 55.5 cm³/mol. The van der Waals surface area contributed by atoms with Gasteiger partial charge in [-0.25, -0.2) is 0 Å². The molecule has 0 unspecified atom stereocenters. The smallest absolute Gasteiger partial charge is 0.220 e. The van der Waals surface area contributed by atoms with Crippen LogP contribution in [0.5, 0.6) is 0 Å². The van der Waals surface area contributed by atoms with E-state index in [4.69, 9.17) is 0 Å². The van der Waals surface area contributed by atoms with Gasteiger partial charge in [0, 0.05) is 18.3 Å². The summed E-state index contributed by atoms with van der Waals surface area (Å²) in [6, 6.07) is 0. The van der Waals surface area contributed by atoms with Crippen molar-refractivity contribution in [3.8, 4) is 0 Å². The molecule has 0 spiro atoms. The molecule has 0 saturated carbocycles. The second-order valence-corrected chi connectivity index (χ2v) is 4.12. The molecule has 0 bridgehead atoms. The standard InChI is InChI=1S/C9H18BrNO/c1-8(2)4-3-7-11-9(12)5-6-10/h8H,3-7H2,1-2H3,(H,11,12). The molecule has 0 saturated heterocycles. The first-order valence-electron chi connectivity index (χ1n) is 4.49. The summed E-state index contributed by atoms with van der Waals surface area (Å²) in [5.41, 5.74) is 0. The Morgan fingerprint density at radius 3 is 2.67 bits per heavy atom. The van der Waals surface area contributed by atoms with E-state index in [0.717, 1.165) is 24.2 Å². The average Bonchev–Trinajstić information content (AvgIpc) is 1.98. The van der Waals surface area contributed by atoms with Crippen molar-refractivity contribution in [2.45, 2.75) is 33.1 Å². The first kappa shape index (κ1) is 11.9. The monoisotopic (exact) mass is 235 g/mol. The molecule has 1 amide bonds. The summed E-state index contributed by atoms with van der Waals surface area (Å²) < 4.78 is 0. The third kappa shape index (κ3) is 8.05. The average molecular weight is 236 g/mol. The van der Waals surface area contributed by atoms with E-state index >= 15 is 0 Å². The largest absolute Gasteiger partial charge is 0.356 e. The maximum Gasteiger partial charge on any atom is 0.220 e. The molecule has 0 aliphatic carbocycles. The zero-order chi connectivity index (χ0) is 9.40. The summed E-state index contributed by atoms with van der Waals surface area (Å²) in [6.07, 6.45) is 2.86. The van der Waals surface area contributed by atoms with E-state index in [1.54, 1.807) is 0 Å². The second-order valence-electron chi connectivity index (χ2n) is 3.33. The van der Waals surface area contributed by atoms with Crippen LogP contribution in [-0.4, -0.2) is 17.8 Å². The molecule has 0 rings (SSSR count). The Morgan fingerprint density at radius 1 is 1.50 bits per heavy atom. The van der Waals surface area contributed by atoms with E-state index in [9.17, 15) is 4.79 Å². The van der Waals surface area contributed by atoms with Gasteiger partial charge in [0.05, 0.1) is 0 Å². The molecule has 0 heterocycles. The van der Waals surface area contributed by atoms with Crippen molar-refractivity contribution in [2.24, 2.45) is 5.92 Å². The van der Waals surface area contributed by atoms with Gasteiger partial charge in [-0.05, 0) is 18.8 Å². The van der Waals surface area contributed by atoms with E-state index in [1.165, 1.54) is 6.42 Å². The molecule has 0 radical (unpaired) electrons. The van der Waals surface area contributed by atoms with Crippen LogP contribution in [0, 0.1) is 5.92 Å². The van der Waals surface area contributed by atoms with Crippen molar-refractivity contribution in [1.29, 1.82) is 0 Å². The lowest BCUT2D eigenvalue weighted by Gasteiger charge is -2.05. The number of halogens is 1. The van der Waals surface area contributed by atoms with Crippen LogP contribution >= 0.6 is 15.9 Å². The molecule has 0 aromatic rings. The van der Waals surface area contributed by atoms with E-state index in [2.05, 4.69) is 35.1 Å². The van der Waals surface area contributed by atoms with Gasteiger partial charge < -0.3 is 5.32 Å². The first-order chi connectivity index (χ1) is 5.66. The third-order valence-electron chi connectivity index (χ3n) is 1.60. The van der Waals surface area contributed by atoms with Crippen LogP contribution in [0.1, 0.15) is 33.1 Å². The summed E-state index contributed by atoms with van der Waals surface area (Å²) in [4.78, 5) is 10.9. The topological polar surface area (TPSA) is 29.1 Å². The predicted octanol–water partition coefficient (Wildman–Crippen LogP) is 2.32. The van der Waals surface area contributed by atoms with E-state index in [1.807, 2.05) is 0 Å². The normalized spacial score (nSPS) is 10.3. The molecule has 3 heteroatoms. The second kappa shape index (κ2) is 7.59. The molecule has 0 aromatic heterocycles. The van der Waals surface area contributed by atoms with Crippen molar-refractivity contribution in [3.63, 3.8) is 0 Å². The maximum atomic E-state index is 10.9. The van der Waals surface area contributed by atoms with Gasteiger partial charge in [0.25, 0.3) is 0 Å². The van der Waals surface area contributed by atoms with Crippen molar-refractivity contribution < 1.29 is 4.79 Å². The molecule has 2 nitrogen and oxygen atoms in total. The Kier molecular flexibility index (Phi) is 7.56. The van der Waals surface area contributed by atoms with Crippen molar-refractivity contribution in [2.75, 3.05) is 11.9 Å². The summed E-state index contributed by atoms with van der Waals surface area (Å²) in [5.74, 6) is 0.883. The molecular formula is C9H18BrNO. The highest BCUT2D eigenvalue weighted by molar-refractivity contribution is 9.09. The van der Waals surface area contributed by atoms with Crippen LogP contribution in [0.2, 0.25) is 0 Å². The van der Waals surface area contributed by atoms with Crippen molar-refractivity contribution >= 4 is 21.8 Å². The minimum absolute atomic E-state index is 0.149. The zero-order valence-corrected chi connectivity index (χ0v) is 9.49. The molecule has 0 fully saturated rings. The van der Waals surface area contributed by atoms with Gasteiger partial charge in [-0.3, -0.25) is 4.79 Å². The summed E-state index contributed by atoms with van der Waals surface area (Å²) in [7, 11) is 0. The van der Waals surface area contributed by atoms with Crippen LogP contribution in [0.15, 0.2) is 0 Å². The van der Waals surface area contributed by atoms with Crippen LogP contribution in [-0.2, 0) is 4.79 Å². The fraction of sp³-hybridized carbons (Fsp3) is 0.889. The molecule has 0 aliphatic rings. The lowest BCUT2D eigenvalue weighted by Crippen LogP contribution is -2.24. The summed E-state index contributed by atoms with van der Waals surface area (Å²) in [5, 5.41) is 3.62. The summed E-state index contributed by atoms with van der Waals surface area (Å²) >= 11 is 3.22. The van der Waals surface area contributed by atoms with E-state index < -0.39 is 0 Å². The number of nitrogens with one attached hydrogen (secondary N) is 1. The number of carbonyl (C=O) groups is 1. The summed E-state index contributed by atoms with van der Waals surface area (Å²) in [6.45, 7) is 5.21. The number of alkyl halides is 1. The van der Waals surface area contributed by atoms with Crippen LogP contribution in [0.4, 0.5) is 0 Å².